The second kappa shape index (κ2) is 11.0. The van der Waals surface area contributed by atoms with Crippen LogP contribution in [0.2, 0.25) is 5.02 Å². The van der Waals surface area contributed by atoms with Crippen molar-refractivity contribution < 1.29 is 17.9 Å². The number of benzene rings is 1. The number of aromatic nitrogens is 2. The molecule has 0 fully saturated rings. The molecular formula is C21H31ClN4O4S. The van der Waals surface area contributed by atoms with E-state index in [1.165, 1.54) is 6.20 Å². The van der Waals surface area contributed by atoms with Gasteiger partial charge >= 0.3 is 6.03 Å². The van der Waals surface area contributed by atoms with Gasteiger partial charge in [-0.25, -0.2) is 18.2 Å². The molecule has 31 heavy (non-hydrogen) atoms. The number of hydrogen-bond acceptors (Lipinski definition) is 5. The Labute approximate surface area is 189 Å². The second-order valence-corrected chi connectivity index (χ2v) is 10.2. The van der Waals surface area contributed by atoms with Gasteiger partial charge in [-0.1, -0.05) is 23.7 Å². The van der Waals surface area contributed by atoms with Crippen LogP contribution in [0.15, 0.2) is 35.6 Å². The fraction of sp³-hybridized carbons (Fsp3) is 0.524. The molecule has 0 saturated heterocycles. The summed E-state index contributed by atoms with van der Waals surface area (Å²) >= 11 is 6.00. The SMILES string of the molecule is COCCN(Cc1cnc(S(=O)(=O)Cc2cccc(Cl)c2)n1C(C)C)C(=O)NC(C)C. The normalized spacial score (nSPS) is 11.9. The van der Waals surface area contributed by atoms with Gasteiger partial charge in [-0.05, 0) is 45.4 Å². The van der Waals surface area contributed by atoms with Crippen molar-refractivity contribution >= 4 is 27.5 Å². The summed E-state index contributed by atoms with van der Waals surface area (Å²) in [7, 11) is -2.16. The van der Waals surface area contributed by atoms with Gasteiger partial charge in [-0.3, -0.25) is 0 Å². The van der Waals surface area contributed by atoms with E-state index in [4.69, 9.17) is 16.3 Å². The predicted octanol–water partition coefficient (Wildman–Crippen LogP) is 3.66. The smallest absolute Gasteiger partial charge is 0.318 e. The third kappa shape index (κ3) is 6.95. The van der Waals surface area contributed by atoms with Crippen molar-refractivity contribution in [2.45, 2.75) is 57.2 Å². The maximum absolute atomic E-state index is 13.1. The molecule has 0 saturated carbocycles. The summed E-state index contributed by atoms with van der Waals surface area (Å²) in [4.78, 5) is 18.4. The molecule has 10 heteroatoms. The molecule has 1 heterocycles. The Hall–Kier alpha value is -2.10. The van der Waals surface area contributed by atoms with Crippen LogP contribution in [-0.2, 0) is 26.9 Å². The number of amides is 2. The number of sulfone groups is 1. The van der Waals surface area contributed by atoms with E-state index < -0.39 is 9.84 Å². The molecule has 2 amide bonds. The molecule has 0 aliphatic heterocycles. The lowest BCUT2D eigenvalue weighted by atomic mass is 10.2. The van der Waals surface area contributed by atoms with Gasteiger partial charge in [-0.15, -0.1) is 0 Å². The molecule has 2 aromatic rings. The third-order valence-corrected chi connectivity index (χ3v) is 6.30. The van der Waals surface area contributed by atoms with Crippen LogP contribution in [0, 0.1) is 0 Å². The number of urea groups is 1. The minimum Gasteiger partial charge on any atom is -0.383 e. The van der Waals surface area contributed by atoms with Crippen molar-refractivity contribution in [2.24, 2.45) is 0 Å². The number of rotatable bonds is 10. The molecule has 0 unspecified atom stereocenters. The minimum absolute atomic E-state index is 0.0200. The highest BCUT2D eigenvalue weighted by Crippen LogP contribution is 2.23. The minimum atomic E-state index is -3.73. The molecule has 1 aromatic heterocycles. The Morgan fingerprint density at radius 3 is 2.58 bits per heavy atom. The number of halogens is 1. The van der Waals surface area contributed by atoms with Crippen LogP contribution in [0.3, 0.4) is 0 Å². The van der Waals surface area contributed by atoms with Crippen LogP contribution < -0.4 is 5.32 Å². The standard InChI is InChI=1S/C21H31ClN4O4S/c1-15(2)24-20(27)25(9-10-30-5)13-19-12-23-21(26(19)16(3)4)31(28,29)14-17-7-6-8-18(22)11-17/h6-8,11-12,15-16H,9-10,13-14H2,1-5H3,(H,24,27). The summed E-state index contributed by atoms with van der Waals surface area (Å²) in [5, 5.41) is 3.32. The first kappa shape index (κ1) is 25.2. The summed E-state index contributed by atoms with van der Waals surface area (Å²) in [6.45, 7) is 8.47. The highest BCUT2D eigenvalue weighted by molar-refractivity contribution is 7.90. The summed E-state index contributed by atoms with van der Waals surface area (Å²) < 4.78 is 33.1. The zero-order valence-corrected chi connectivity index (χ0v) is 20.2. The number of ether oxygens (including phenoxy) is 1. The third-order valence-electron chi connectivity index (χ3n) is 4.50. The summed E-state index contributed by atoms with van der Waals surface area (Å²) in [5.41, 5.74) is 1.22. The van der Waals surface area contributed by atoms with E-state index in [2.05, 4.69) is 10.3 Å². The average Bonchev–Trinajstić information content (AvgIpc) is 3.09. The lowest BCUT2D eigenvalue weighted by molar-refractivity contribution is 0.144. The lowest BCUT2D eigenvalue weighted by Crippen LogP contribution is -2.44. The van der Waals surface area contributed by atoms with Gasteiger partial charge < -0.3 is 19.5 Å². The first-order valence-electron chi connectivity index (χ1n) is 10.1. The number of carbonyl (C=O) groups is 1. The summed E-state index contributed by atoms with van der Waals surface area (Å²) in [5.74, 6) is -0.210. The van der Waals surface area contributed by atoms with Crippen LogP contribution in [-0.4, -0.2) is 55.2 Å². The molecule has 1 N–H and O–H groups in total. The Bertz CT molecular complexity index is 989. The average molecular weight is 471 g/mol. The highest BCUT2D eigenvalue weighted by atomic mass is 35.5. The van der Waals surface area contributed by atoms with Gasteiger partial charge in [-0.2, -0.15) is 0 Å². The zero-order valence-electron chi connectivity index (χ0n) is 18.6. The monoisotopic (exact) mass is 470 g/mol. The second-order valence-electron chi connectivity index (χ2n) is 7.90. The molecule has 0 aliphatic carbocycles. The van der Waals surface area contributed by atoms with Crippen molar-refractivity contribution in [1.29, 1.82) is 0 Å². The number of nitrogens with one attached hydrogen (secondary N) is 1. The fourth-order valence-electron chi connectivity index (χ4n) is 3.18. The summed E-state index contributed by atoms with van der Waals surface area (Å²) in [6, 6.07) is 6.32. The van der Waals surface area contributed by atoms with Gasteiger partial charge in [0.15, 0.2) is 0 Å². The number of imidazole rings is 1. The maximum Gasteiger partial charge on any atom is 0.318 e. The predicted molar refractivity (Wildman–Crippen MR) is 121 cm³/mol. The van der Waals surface area contributed by atoms with E-state index in [1.54, 1.807) is 40.8 Å². The van der Waals surface area contributed by atoms with E-state index in [1.807, 2.05) is 27.7 Å². The van der Waals surface area contributed by atoms with Crippen LogP contribution in [0.1, 0.15) is 45.0 Å². The number of nitrogens with zero attached hydrogens (tertiary/aromatic N) is 3. The molecule has 0 spiro atoms. The lowest BCUT2D eigenvalue weighted by Gasteiger charge is -2.25. The maximum atomic E-state index is 13.1. The van der Waals surface area contributed by atoms with Crippen LogP contribution in [0.25, 0.3) is 0 Å². The molecule has 0 radical (unpaired) electrons. The van der Waals surface area contributed by atoms with Gasteiger partial charge in [0.05, 0.1) is 30.8 Å². The first-order chi connectivity index (χ1) is 14.5. The first-order valence-corrected chi connectivity index (χ1v) is 12.2. The molecular weight excluding hydrogens is 440 g/mol. The molecule has 0 bridgehead atoms. The molecule has 2 rings (SSSR count). The van der Waals surface area contributed by atoms with Crippen LogP contribution in [0.4, 0.5) is 4.79 Å². The Morgan fingerprint density at radius 1 is 1.29 bits per heavy atom. The van der Waals surface area contributed by atoms with E-state index in [-0.39, 0.29) is 35.6 Å². The van der Waals surface area contributed by atoms with E-state index >= 15 is 0 Å². The van der Waals surface area contributed by atoms with Crippen LogP contribution >= 0.6 is 11.6 Å². The van der Waals surface area contributed by atoms with Crippen molar-refractivity contribution in [3.05, 3.63) is 46.7 Å². The molecule has 0 atom stereocenters. The zero-order chi connectivity index (χ0) is 23.2. The van der Waals surface area contributed by atoms with Crippen LogP contribution in [0.5, 0.6) is 0 Å². The number of methoxy groups -OCH3 is 1. The Kier molecular flexibility index (Phi) is 8.90. The largest absolute Gasteiger partial charge is 0.383 e. The molecule has 1 aromatic carbocycles. The summed E-state index contributed by atoms with van der Waals surface area (Å²) in [6.07, 6.45) is 1.52. The highest BCUT2D eigenvalue weighted by Gasteiger charge is 2.27. The van der Waals surface area contributed by atoms with Gasteiger partial charge in [0.1, 0.15) is 0 Å². The van der Waals surface area contributed by atoms with Gasteiger partial charge in [0, 0.05) is 30.8 Å². The van der Waals surface area contributed by atoms with Crippen molar-refractivity contribution in [3.8, 4) is 0 Å². The quantitative estimate of drug-likeness (QED) is 0.572. The van der Waals surface area contributed by atoms with E-state index in [0.717, 1.165) is 0 Å². The van der Waals surface area contributed by atoms with Crippen molar-refractivity contribution in [1.82, 2.24) is 19.8 Å². The molecule has 172 valence electrons. The van der Waals surface area contributed by atoms with E-state index in [0.29, 0.717) is 29.4 Å². The Balaban J connectivity index is 2.36. The van der Waals surface area contributed by atoms with Crippen molar-refractivity contribution in [3.63, 3.8) is 0 Å². The van der Waals surface area contributed by atoms with Gasteiger partial charge in [0.2, 0.25) is 15.0 Å². The molecule has 0 aliphatic rings. The number of carbonyl (C=O) groups excluding carboxylic acids is 1. The van der Waals surface area contributed by atoms with E-state index in [9.17, 15) is 13.2 Å². The van der Waals surface area contributed by atoms with Gasteiger partial charge in [0.25, 0.3) is 0 Å². The number of hydrogen-bond donors (Lipinski definition) is 1. The Morgan fingerprint density at radius 2 is 2.00 bits per heavy atom. The fourth-order valence-corrected chi connectivity index (χ4v) is 4.98. The molecule has 8 nitrogen and oxygen atoms in total. The topological polar surface area (TPSA) is 93.5 Å². The van der Waals surface area contributed by atoms with Crippen molar-refractivity contribution in [2.75, 3.05) is 20.3 Å².